The van der Waals surface area contributed by atoms with Crippen molar-refractivity contribution in [2.75, 3.05) is 0 Å². The Balaban J connectivity index is 1.12. The molecule has 7 heteroatoms. The molecule has 59 heavy (non-hydrogen) atoms. The molecule has 12 aromatic rings. The number of pyridine rings is 1. The van der Waals surface area contributed by atoms with E-state index in [-0.39, 0.29) is 0 Å². The quantitative estimate of drug-likeness (QED) is 0.128. The van der Waals surface area contributed by atoms with Gasteiger partial charge < -0.3 is 4.40 Å². The van der Waals surface area contributed by atoms with Crippen LogP contribution in [0.25, 0.3) is 117 Å². The fraction of sp³-hybridized carbons (Fsp3) is 0. The van der Waals surface area contributed by atoms with Crippen molar-refractivity contribution in [3.05, 3.63) is 181 Å². The van der Waals surface area contributed by atoms with Gasteiger partial charge in [-0.2, -0.15) is 5.26 Å². The fourth-order valence-corrected chi connectivity index (χ4v) is 8.69. The molecule has 0 aliphatic heterocycles. The second kappa shape index (κ2) is 12.8. The van der Waals surface area contributed by atoms with Gasteiger partial charge in [0.2, 0.25) is 5.82 Å². The topological polar surface area (TPSA) is 92.7 Å². The molecule has 0 fully saturated rings. The van der Waals surface area contributed by atoms with E-state index < -0.39 is 0 Å². The highest BCUT2D eigenvalue weighted by Gasteiger charge is 2.22. The minimum Gasteiger partial charge on any atom is -0.308 e. The molecular formula is C52H29N7. The van der Waals surface area contributed by atoms with E-state index in [9.17, 15) is 5.26 Å². The van der Waals surface area contributed by atoms with Crippen LogP contribution >= 0.6 is 0 Å². The third kappa shape index (κ3) is 5.17. The van der Waals surface area contributed by atoms with Crippen LogP contribution in [0.5, 0.6) is 0 Å². The van der Waals surface area contributed by atoms with Crippen molar-refractivity contribution >= 4 is 59.8 Å². The zero-order valence-electron chi connectivity index (χ0n) is 31.4. The molecular weight excluding hydrogens is 723 g/mol. The van der Waals surface area contributed by atoms with Gasteiger partial charge in [0.15, 0.2) is 17.5 Å². The lowest BCUT2D eigenvalue weighted by molar-refractivity contribution is 1.04. The third-order valence-corrected chi connectivity index (χ3v) is 11.4. The lowest BCUT2D eigenvalue weighted by atomic mass is 9.97. The Labute approximate surface area is 337 Å². The molecule has 0 amide bonds. The maximum atomic E-state index is 9.32. The Morgan fingerprint density at radius 2 is 0.966 bits per heavy atom. The summed E-state index contributed by atoms with van der Waals surface area (Å²) in [6.07, 6.45) is 0. The van der Waals surface area contributed by atoms with E-state index >= 15 is 0 Å². The van der Waals surface area contributed by atoms with Gasteiger partial charge in [-0.05, 0) is 64.4 Å². The summed E-state index contributed by atoms with van der Waals surface area (Å²) in [6, 6.07) is 62.4. The molecule has 7 nitrogen and oxygen atoms in total. The molecule has 0 bridgehead atoms. The molecule has 0 aliphatic carbocycles. The average molecular weight is 752 g/mol. The summed E-state index contributed by atoms with van der Waals surface area (Å²) >= 11 is 0. The summed E-state index contributed by atoms with van der Waals surface area (Å²) in [5.41, 5.74) is 10.5. The predicted octanol–water partition coefficient (Wildman–Crippen LogP) is 12.3. The zero-order chi connectivity index (χ0) is 39.0. The summed E-state index contributed by atoms with van der Waals surface area (Å²) < 4.78 is 2.41. The van der Waals surface area contributed by atoms with Gasteiger partial charge in [0.05, 0.1) is 39.4 Å². The molecule has 8 aromatic carbocycles. The Bertz CT molecular complexity index is 3660. The number of hydrogen-bond acceptors (Lipinski definition) is 6. The van der Waals surface area contributed by atoms with Gasteiger partial charge in [-0.25, -0.2) is 24.9 Å². The van der Waals surface area contributed by atoms with Crippen LogP contribution in [0.4, 0.5) is 0 Å². The number of aromatic nitrogens is 6. The van der Waals surface area contributed by atoms with Crippen molar-refractivity contribution in [3.63, 3.8) is 0 Å². The highest BCUT2D eigenvalue weighted by molar-refractivity contribution is 6.27. The summed E-state index contributed by atoms with van der Waals surface area (Å²) in [6.45, 7) is 0. The summed E-state index contributed by atoms with van der Waals surface area (Å²) in [5, 5.41) is 17.3. The minimum absolute atomic E-state index is 0.382. The van der Waals surface area contributed by atoms with Crippen molar-refractivity contribution in [2.24, 2.45) is 0 Å². The molecule has 0 saturated carbocycles. The Kier molecular flexibility index (Phi) is 7.16. The Morgan fingerprint density at radius 1 is 0.390 bits per heavy atom. The van der Waals surface area contributed by atoms with Crippen LogP contribution < -0.4 is 0 Å². The Hall–Kier alpha value is -8.34. The number of nitriles is 1. The third-order valence-electron chi connectivity index (χ3n) is 11.4. The van der Waals surface area contributed by atoms with Crippen LogP contribution in [0.2, 0.25) is 0 Å². The first-order valence-electron chi connectivity index (χ1n) is 19.5. The van der Waals surface area contributed by atoms with Crippen LogP contribution in [0, 0.1) is 11.3 Å². The fourth-order valence-electron chi connectivity index (χ4n) is 8.69. The van der Waals surface area contributed by atoms with E-state index in [1.54, 1.807) is 0 Å². The molecule has 4 heterocycles. The second-order valence-corrected chi connectivity index (χ2v) is 14.8. The second-order valence-electron chi connectivity index (χ2n) is 14.8. The van der Waals surface area contributed by atoms with Crippen molar-refractivity contribution in [2.45, 2.75) is 0 Å². The molecule has 272 valence electrons. The molecule has 12 rings (SSSR count). The number of benzene rings is 8. The number of rotatable bonds is 5. The van der Waals surface area contributed by atoms with Crippen molar-refractivity contribution in [1.82, 2.24) is 29.3 Å². The first-order valence-corrected chi connectivity index (χ1v) is 19.5. The van der Waals surface area contributed by atoms with Gasteiger partial charge in [-0.1, -0.05) is 133 Å². The van der Waals surface area contributed by atoms with Crippen molar-refractivity contribution < 1.29 is 0 Å². The highest BCUT2D eigenvalue weighted by atomic mass is 15.1. The number of para-hydroxylation sites is 2. The van der Waals surface area contributed by atoms with Gasteiger partial charge in [-0.3, -0.25) is 0 Å². The van der Waals surface area contributed by atoms with E-state index in [0.29, 0.717) is 28.9 Å². The lowest BCUT2D eigenvalue weighted by Gasteiger charge is -2.14. The normalized spacial score (nSPS) is 11.7. The van der Waals surface area contributed by atoms with Crippen LogP contribution in [-0.4, -0.2) is 29.3 Å². The van der Waals surface area contributed by atoms with Crippen LogP contribution in [0.3, 0.4) is 0 Å². The highest BCUT2D eigenvalue weighted by Crippen LogP contribution is 2.42. The lowest BCUT2D eigenvalue weighted by Crippen LogP contribution is -2.04. The van der Waals surface area contributed by atoms with Gasteiger partial charge in [0.25, 0.3) is 0 Å². The van der Waals surface area contributed by atoms with Crippen molar-refractivity contribution in [1.29, 1.82) is 5.26 Å². The first-order chi connectivity index (χ1) is 29.2. The SMILES string of the molecule is N#Cc1ccc(-c2ccc(-c3nc(-c4cc5c6cccc7cccc(c76)n6c7ccccc7c(c4)c56)nc(-c4nc(-c5ccccc5)c5ccccc5n4)n3)cc2)cc1. The van der Waals surface area contributed by atoms with Gasteiger partial charge in [0.1, 0.15) is 0 Å². The van der Waals surface area contributed by atoms with E-state index in [4.69, 9.17) is 24.9 Å². The smallest absolute Gasteiger partial charge is 0.201 e. The zero-order valence-corrected chi connectivity index (χ0v) is 31.4. The number of fused-ring (bicyclic) bond motifs is 6. The van der Waals surface area contributed by atoms with Crippen LogP contribution in [-0.2, 0) is 0 Å². The maximum Gasteiger partial charge on any atom is 0.201 e. The molecule has 0 radical (unpaired) electrons. The molecule has 0 saturated heterocycles. The monoisotopic (exact) mass is 751 g/mol. The minimum atomic E-state index is 0.382. The van der Waals surface area contributed by atoms with E-state index in [1.165, 1.54) is 27.2 Å². The number of hydrogen-bond donors (Lipinski definition) is 0. The summed E-state index contributed by atoms with van der Waals surface area (Å²) in [5.74, 6) is 1.84. The molecule has 0 unspecified atom stereocenters. The number of nitrogens with zero attached hydrogens (tertiary/aromatic N) is 7. The Morgan fingerprint density at radius 3 is 1.75 bits per heavy atom. The first kappa shape index (κ1) is 32.9. The van der Waals surface area contributed by atoms with E-state index in [1.807, 2.05) is 72.8 Å². The standard InChI is InChI=1S/C52H29N7/c53-30-31-20-22-32(23-21-31)33-24-26-36(27-25-33)49-56-50(58-52(57-49)51-54-43-17-6-4-15-40(43)47(55-51)35-10-2-1-3-11-35)37-28-41-38-14-5-7-18-44(38)59-45-19-9-13-34-12-8-16-39(46(34)45)42(29-37)48(41)59/h1-29H. The van der Waals surface area contributed by atoms with Gasteiger partial charge >= 0.3 is 0 Å². The van der Waals surface area contributed by atoms with E-state index in [2.05, 4.69) is 114 Å². The average Bonchev–Trinajstić information content (AvgIpc) is 3.65. The summed E-state index contributed by atoms with van der Waals surface area (Å²) in [4.78, 5) is 25.8. The van der Waals surface area contributed by atoms with Gasteiger partial charge in [-0.15, -0.1) is 0 Å². The van der Waals surface area contributed by atoms with Crippen molar-refractivity contribution in [3.8, 4) is 62.9 Å². The molecule has 0 aliphatic rings. The molecule has 4 aromatic heterocycles. The molecule has 0 atom stereocenters. The maximum absolute atomic E-state index is 9.32. The van der Waals surface area contributed by atoms with Crippen LogP contribution in [0.15, 0.2) is 176 Å². The summed E-state index contributed by atoms with van der Waals surface area (Å²) in [7, 11) is 0. The molecule has 0 N–H and O–H groups in total. The largest absolute Gasteiger partial charge is 0.308 e. The van der Waals surface area contributed by atoms with Crippen LogP contribution in [0.1, 0.15) is 5.56 Å². The molecule has 0 spiro atoms. The predicted molar refractivity (Wildman–Crippen MR) is 237 cm³/mol. The van der Waals surface area contributed by atoms with Gasteiger partial charge in [0, 0.05) is 43.6 Å². The van der Waals surface area contributed by atoms with E-state index in [0.717, 1.165) is 66.1 Å².